The SMILES string of the molecule is C/C=C/CCCC(OC)C(=O)OC. The van der Waals surface area contributed by atoms with Crippen molar-refractivity contribution in [2.75, 3.05) is 14.2 Å². The molecular formula is C10H18O3. The molecule has 3 nitrogen and oxygen atoms in total. The lowest BCUT2D eigenvalue weighted by atomic mass is 10.1. The minimum Gasteiger partial charge on any atom is -0.467 e. The van der Waals surface area contributed by atoms with Gasteiger partial charge in [-0.1, -0.05) is 12.2 Å². The molecular weight excluding hydrogens is 168 g/mol. The summed E-state index contributed by atoms with van der Waals surface area (Å²) in [6, 6.07) is 0. The van der Waals surface area contributed by atoms with Crippen molar-refractivity contribution in [3.05, 3.63) is 12.2 Å². The van der Waals surface area contributed by atoms with Crippen LogP contribution >= 0.6 is 0 Å². The minimum atomic E-state index is -0.407. The minimum absolute atomic E-state index is 0.289. The summed E-state index contributed by atoms with van der Waals surface area (Å²) in [5, 5.41) is 0. The molecule has 0 N–H and O–H groups in total. The van der Waals surface area contributed by atoms with Crippen LogP contribution in [0.3, 0.4) is 0 Å². The Morgan fingerprint density at radius 1 is 1.46 bits per heavy atom. The van der Waals surface area contributed by atoms with Gasteiger partial charge in [0.15, 0.2) is 6.10 Å². The molecule has 0 heterocycles. The van der Waals surface area contributed by atoms with Crippen molar-refractivity contribution >= 4 is 5.97 Å². The number of hydrogen-bond donors (Lipinski definition) is 0. The highest BCUT2D eigenvalue weighted by atomic mass is 16.6. The Hall–Kier alpha value is -0.830. The van der Waals surface area contributed by atoms with Gasteiger partial charge in [0.25, 0.3) is 0 Å². The number of unbranched alkanes of at least 4 members (excludes halogenated alkanes) is 1. The van der Waals surface area contributed by atoms with E-state index >= 15 is 0 Å². The lowest BCUT2D eigenvalue weighted by molar-refractivity contribution is -0.152. The molecule has 0 spiro atoms. The van der Waals surface area contributed by atoms with Gasteiger partial charge >= 0.3 is 5.97 Å². The highest BCUT2D eigenvalue weighted by Gasteiger charge is 2.16. The van der Waals surface area contributed by atoms with Crippen LogP contribution in [-0.4, -0.2) is 26.3 Å². The van der Waals surface area contributed by atoms with Crippen molar-refractivity contribution in [3.8, 4) is 0 Å². The van der Waals surface area contributed by atoms with Gasteiger partial charge in [0.1, 0.15) is 0 Å². The quantitative estimate of drug-likeness (QED) is 0.361. The summed E-state index contributed by atoms with van der Waals surface area (Å²) in [6.07, 6.45) is 6.30. The van der Waals surface area contributed by atoms with Gasteiger partial charge in [-0.05, 0) is 26.2 Å². The number of carbonyl (C=O) groups excluding carboxylic acids is 1. The zero-order valence-corrected chi connectivity index (χ0v) is 8.58. The smallest absolute Gasteiger partial charge is 0.334 e. The molecule has 0 aliphatic heterocycles. The Kier molecular flexibility index (Phi) is 7.30. The van der Waals surface area contributed by atoms with E-state index in [1.807, 2.05) is 13.0 Å². The van der Waals surface area contributed by atoms with Crippen molar-refractivity contribution < 1.29 is 14.3 Å². The average Bonchev–Trinajstić information content (AvgIpc) is 2.17. The molecule has 0 aromatic rings. The average molecular weight is 186 g/mol. The summed E-state index contributed by atoms with van der Waals surface area (Å²) in [5.41, 5.74) is 0. The van der Waals surface area contributed by atoms with Crippen LogP contribution in [0.25, 0.3) is 0 Å². The van der Waals surface area contributed by atoms with Crippen LogP contribution in [0.1, 0.15) is 26.2 Å². The van der Waals surface area contributed by atoms with Crippen LogP contribution in [0.5, 0.6) is 0 Å². The van der Waals surface area contributed by atoms with E-state index in [1.165, 1.54) is 14.2 Å². The molecule has 0 saturated heterocycles. The molecule has 76 valence electrons. The standard InChI is InChI=1S/C10H18O3/c1-4-5-6-7-8-9(12-2)10(11)13-3/h4-5,9H,6-8H2,1-3H3/b5-4+. The van der Waals surface area contributed by atoms with Gasteiger partial charge in [-0.3, -0.25) is 0 Å². The summed E-state index contributed by atoms with van der Waals surface area (Å²) < 4.78 is 9.56. The number of allylic oxidation sites excluding steroid dienone is 2. The third-order valence-corrected chi connectivity index (χ3v) is 1.82. The molecule has 0 aromatic heterocycles. The highest BCUT2D eigenvalue weighted by Crippen LogP contribution is 2.06. The Morgan fingerprint density at radius 3 is 2.62 bits per heavy atom. The second-order valence-electron chi connectivity index (χ2n) is 2.75. The maximum Gasteiger partial charge on any atom is 0.334 e. The van der Waals surface area contributed by atoms with E-state index in [4.69, 9.17) is 4.74 Å². The molecule has 1 atom stereocenters. The summed E-state index contributed by atoms with van der Waals surface area (Å²) in [7, 11) is 2.90. The van der Waals surface area contributed by atoms with Crippen LogP contribution < -0.4 is 0 Å². The Labute approximate surface area is 79.7 Å². The first-order chi connectivity index (χ1) is 6.26. The molecule has 0 rings (SSSR count). The fourth-order valence-electron chi connectivity index (χ4n) is 1.05. The number of rotatable bonds is 6. The summed E-state index contributed by atoms with van der Waals surface area (Å²) in [5.74, 6) is -0.289. The van der Waals surface area contributed by atoms with Crippen LogP contribution in [0, 0.1) is 0 Å². The summed E-state index contributed by atoms with van der Waals surface area (Å²) >= 11 is 0. The van der Waals surface area contributed by atoms with Crippen LogP contribution in [0.15, 0.2) is 12.2 Å². The topological polar surface area (TPSA) is 35.5 Å². The zero-order chi connectivity index (χ0) is 10.1. The van der Waals surface area contributed by atoms with E-state index in [9.17, 15) is 4.79 Å². The first kappa shape index (κ1) is 12.2. The van der Waals surface area contributed by atoms with E-state index in [-0.39, 0.29) is 5.97 Å². The van der Waals surface area contributed by atoms with E-state index in [0.29, 0.717) is 6.42 Å². The molecule has 0 aromatic carbocycles. The van der Waals surface area contributed by atoms with Gasteiger partial charge in [-0.25, -0.2) is 4.79 Å². The number of carbonyl (C=O) groups is 1. The second-order valence-corrected chi connectivity index (χ2v) is 2.75. The molecule has 0 saturated carbocycles. The van der Waals surface area contributed by atoms with Crippen LogP contribution in [0.2, 0.25) is 0 Å². The van der Waals surface area contributed by atoms with Gasteiger partial charge < -0.3 is 9.47 Å². The number of ether oxygens (including phenoxy) is 2. The predicted molar refractivity (Wildman–Crippen MR) is 51.5 cm³/mol. The third-order valence-electron chi connectivity index (χ3n) is 1.82. The Bertz CT molecular complexity index is 164. The van der Waals surface area contributed by atoms with Gasteiger partial charge in [0.05, 0.1) is 7.11 Å². The monoisotopic (exact) mass is 186 g/mol. The molecule has 0 fully saturated rings. The van der Waals surface area contributed by atoms with Crippen molar-refractivity contribution in [2.45, 2.75) is 32.3 Å². The van der Waals surface area contributed by atoms with Crippen LogP contribution in [0.4, 0.5) is 0 Å². The fourth-order valence-corrected chi connectivity index (χ4v) is 1.05. The van der Waals surface area contributed by atoms with Crippen molar-refractivity contribution in [2.24, 2.45) is 0 Å². The Balaban J connectivity index is 3.65. The van der Waals surface area contributed by atoms with Crippen molar-refractivity contribution in [1.29, 1.82) is 0 Å². The van der Waals surface area contributed by atoms with Gasteiger partial charge in [0, 0.05) is 7.11 Å². The van der Waals surface area contributed by atoms with Gasteiger partial charge in [0.2, 0.25) is 0 Å². The summed E-state index contributed by atoms with van der Waals surface area (Å²) in [6.45, 7) is 1.98. The maximum atomic E-state index is 11.0. The molecule has 0 amide bonds. The van der Waals surface area contributed by atoms with E-state index in [1.54, 1.807) is 0 Å². The van der Waals surface area contributed by atoms with Crippen molar-refractivity contribution in [1.82, 2.24) is 0 Å². The Morgan fingerprint density at radius 2 is 2.15 bits per heavy atom. The molecule has 0 aliphatic rings. The summed E-state index contributed by atoms with van der Waals surface area (Å²) in [4.78, 5) is 11.0. The predicted octanol–water partition coefficient (Wildman–Crippen LogP) is 1.92. The maximum absolute atomic E-state index is 11.0. The largest absolute Gasteiger partial charge is 0.467 e. The molecule has 3 heteroatoms. The molecule has 0 bridgehead atoms. The first-order valence-electron chi connectivity index (χ1n) is 4.48. The number of hydrogen-bond acceptors (Lipinski definition) is 3. The van der Waals surface area contributed by atoms with Gasteiger partial charge in [-0.15, -0.1) is 0 Å². The first-order valence-corrected chi connectivity index (χ1v) is 4.48. The second kappa shape index (κ2) is 7.80. The fraction of sp³-hybridized carbons (Fsp3) is 0.700. The van der Waals surface area contributed by atoms with Gasteiger partial charge in [-0.2, -0.15) is 0 Å². The highest BCUT2D eigenvalue weighted by molar-refractivity contribution is 5.74. The van der Waals surface area contributed by atoms with Crippen LogP contribution in [-0.2, 0) is 14.3 Å². The number of esters is 1. The molecule has 1 unspecified atom stereocenters. The molecule has 13 heavy (non-hydrogen) atoms. The third kappa shape index (κ3) is 5.42. The van der Waals surface area contributed by atoms with E-state index in [0.717, 1.165) is 12.8 Å². The molecule has 0 radical (unpaired) electrons. The number of methoxy groups -OCH3 is 2. The van der Waals surface area contributed by atoms with E-state index < -0.39 is 6.10 Å². The zero-order valence-electron chi connectivity index (χ0n) is 8.58. The van der Waals surface area contributed by atoms with Crippen molar-refractivity contribution in [3.63, 3.8) is 0 Å². The lowest BCUT2D eigenvalue weighted by Crippen LogP contribution is -2.24. The lowest BCUT2D eigenvalue weighted by Gasteiger charge is -2.11. The molecule has 0 aliphatic carbocycles. The normalized spacial score (nSPS) is 13.2. The van der Waals surface area contributed by atoms with E-state index in [2.05, 4.69) is 10.8 Å².